The van der Waals surface area contributed by atoms with Gasteiger partial charge < -0.3 is 15.1 Å². The lowest BCUT2D eigenvalue weighted by Gasteiger charge is -2.36. The van der Waals surface area contributed by atoms with Crippen LogP contribution in [0.25, 0.3) is 0 Å². The van der Waals surface area contributed by atoms with Gasteiger partial charge in [0.05, 0.1) is 17.1 Å². The summed E-state index contributed by atoms with van der Waals surface area (Å²) in [5, 5.41) is 3.79. The zero-order chi connectivity index (χ0) is 77.8. The number of para-hydroxylation sites is 1. The van der Waals surface area contributed by atoms with Crippen LogP contribution in [0.4, 0.5) is 39.8 Å². The van der Waals surface area contributed by atoms with E-state index in [1.165, 1.54) is 247 Å². The molecule has 8 aromatic rings. The van der Waals surface area contributed by atoms with Gasteiger partial charge in [0.1, 0.15) is 0 Å². The van der Waals surface area contributed by atoms with Crippen LogP contribution in [-0.2, 0) is 0 Å². The average Bonchev–Trinajstić information content (AvgIpc) is 0.745. The van der Waals surface area contributed by atoms with Crippen molar-refractivity contribution in [3.8, 4) is 0 Å². The molecule has 0 unspecified atom stereocenters. The number of rotatable bonds is 7. The third kappa shape index (κ3) is 20.3. The molecule has 3 nitrogen and oxygen atoms in total. The van der Waals surface area contributed by atoms with Crippen LogP contribution in [0.2, 0.25) is 0 Å². The fourth-order valence-electron chi connectivity index (χ4n) is 13.6. The maximum Gasteiger partial charge on any atom is 0.0525 e. The Hall–Kier alpha value is -6.84. The van der Waals surface area contributed by atoms with Crippen molar-refractivity contribution < 1.29 is 0 Å². The van der Waals surface area contributed by atoms with E-state index in [4.69, 9.17) is 0 Å². The number of hydrogen-bond donors (Lipinski definition) is 1. The van der Waals surface area contributed by atoms with Crippen molar-refractivity contribution >= 4 is 39.8 Å². The topological polar surface area (TPSA) is 18.5 Å². The van der Waals surface area contributed by atoms with Crippen LogP contribution in [0.1, 0.15) is 277 Å². The average molecular weight is 1350 g/mol. The van der Waals surface area contributed by atoms with E-state index in [1.807, 2.05) is 41.5 Å². The fraction of sp³-hybridized carbons (Fsp3) is 0.500. The van der Waals surface area contributed by atoms with Crippen molar-refractivity contribution in [1.82, 2.24) is 0 Å². The normalized spacial score (nSPS) is 10.2. The van der Waals surface area contributed by atoms with Gasteiger partial charge in [0.2, 0.25) is 0 Å². The zero-order valence-corrected chi connectivity index (χ0v) is 73.3. The van der Waals surface area contributed by atoms with E-state index in [1.54, 1.807) is 0 Å². The first-order chi connectivity index (χ1) is 46.1. The van der Waals surface area contributed by atoms with Crippen molar-refractivity contribution in [2.24, 2.45) is 0 Å². The van der Waals surface area contributed by atoms with Crippen molar-refractivity contribution in [2.75, 3.05) is 22.2 Å². The molecule has 0 heterocycles. The second-order valence-corrected chi connectivity index (χ2v) is 28.1. The number of aryl methyl sites for hydroxylation is 4. The summed E-state index contributed by atoms with van der Waals surface area (Å²) < 4.78 is 0. The first-order valence-electron chi connectivity index (χ1n) is 37.9. The van der Waals surface area contributed by atoms with Gasteiger partial charge in [0.25, 0.3) is 0 Å². The van der Waals surface area contributed by atoms with Crippen LogP contribution >= 0.6 is 0 Å². The lowest BCUT2D eigenvalue weighted by molar-refractivity contribution is 1.06. The minimum absolute atomic E-state index is 1.25. The van der Waals surface area contributed by atoms with E-state index < -0.39 is 0 Å². The lowest BCUT2D eigenvalue weighted by atomic mass is 9.88. The van der Waals surface area contributed by atoms with Crippen molar-refractivity contribution in [2.45, 2.75) is 324 Å². The third-order valence-corrected chi connectivity index (χ3v) is 22.7. The van der Waals surface area contributed by atoms with E-state index in [-0.39, 0.29) is 0 Å². The highest BCUT2D eigenvalue weighted by molar-refractivity contribution is 5.89. The van der Waals surface area contributed by atoms with Gasteiger partial charge in [-0.25, -0.2) is 0 Å². The SMILES string of the molecule is CC.CC.CC.CCC.CCC.Cc1c(C)c(C)c(N(C)c2c(C)c(C)c(C)c(C)c2C)c(C)c1C.Cc1c(C)c(C)c(Nc2c(C)c(C)c(C)c(C)c2C)c(C)c1C.Cc1cccc(C)c1C.Cc1cccc(C)c1N(c1c(C)c(C)c(C)c(C)c1C)c1c(C)c(C)c(C)c(C)c1C. The standard InChI is InChI=1S/C30H39N.C23H33N.C22H31N.C9H12.2C3H8.3C2H6/c1-16-14-13-15-17(2)28(16)31(29-24(9)20(5)18(3)21(6)25(29)10)30-26(11)22(7)19(4)23(8)27(30)12;1-12-14(3)18(7)22(19(8)15(12)4)24(11)23-20(9)16(5)13(2)17(6)21(23)10;1-11-13(3)17(7)21(18(8)14(11)4)23-22-19(9)15(5)12(2)16(6)20(22)10;1-7-5-4-6-8(2)9(7)3;2*1-3-2;3*1-2/h13-15H,1-12H3;1-11H3;23H,1-10H3;4-6H,1-3H3;2*3H2,1-2H3;3*1-2H3. The maximum absolute atomic E-state index is 3.79. The number of nitrogens with zero attached hydrogens (tertiary/aromatic N) is 2. The minimum Gasteiger partial charge on any atom is -0.355 e. The summed E-state index contributed by atoms with van der Waals surface area (Å²) in [5.74, 6) is 0. The third-order valence-electron chi connectivity index (χ3n) is 22.7. The largest absolute Gasteiger partial charge is 0.355 e. The van der Waals surface area contributed by atoms with Crippen LogP contribution in [-0.4, -0.2) is 7.05 Å². The number of anilines is 7. The molecule has 0 bridgehead atoms. The van der Waals surface area contributed by atoms with Crippen LogP contribution in [0.3, 0.4) is 0 Å². The van der Waals surface area contributed by atoms with Crippen molar-refractivity contribution in [3.05, 3.63) is 231 Å². The van der Waals surface area contributed by atoms with E-state index in [0.29, 0.717) is 0 Å². The van der Waals surface area contributed by atoms with Gasteiger partial charge in [-0.2, -0.15) is 0 Å². The molecule has 99 heavy (non-hydrogen) atoms. The number of nitrogens with one attached hydrogen (secondary N) is 1. The Morgan fingerprint density at radius 2 is 0.354 bits per heavy atom. The Morgan fingerprint density at radius 3 is 0.535 bits per heavy atom. The molecule has 0 amide bonds. The Labute approximate surface area is 613 Å². The molecule has 0 atom stereocenters. The smallest absolute Gasteiger partial charge is 0.0525 e. The van der Waals surface area contributed by atoms with E-state index >= 15 is 0 Å². The highest BCUT2D eigenvalue weighted by Crippen LogP contribution is 2.49. The lowest BCUT2D eigenvalue weighted by Crippen LogP contribution is -2.20. The predicted molar refractivity (Wildman–Crippen MR) is 456 cm³/mol. The Morgan fingerprint density at radius 1 is 0.202 bits per heavy atom. The molecule has 0 spiro atoms. The molecule has 0 radical (unpaired) electrons. The highest BCUT2D eigenvalue weighted by atomic mass is 15.2. The molecule has 0 saturated heterocycles. The molecular weight excluding hydrogens is 1200 g/mol. The van der Waals surface area contributed by atoms with Gasteiger partial charge in [-0.3, -0.25) is 0 Å². The summed E-state index contributed by atoms with van der Waals surface area (Å²) in [7, 11) is 2.23. The summed E-state index contributed by atoms with van der Waals surface area (Å²) in [6.45, 7) is 99.0. The second-order valence-electron chi connectivity index (χ2n) is 28.1. The minimum atomic E-state index is 1.25. The molecule has 0 aliphatic rings. The monoisotopic (exact) mass is 1340 g/mol. The molecule has 0 aliphatic heterocycles. The zero-order valence-electron chi connectivity index (χ0n) is 73.3. The molecule has 0 saturated carbocycles. The Kier molecular flexibility index (Phi) is 38.3. The molecular formula is C96H149N3. The Balaban J connectivity index is 0.00000128. The molecule has 0 fully saturated rings. The molecule has 548 valence electrons. The molecule has 0 aliphatic carbocycles. The van der Waals surface area contributed by atoms with Crippen LogP contribution in [0, 0.1) is 242 Å². The van der Waals surface area contributed by atoms with E-state index in [9.17, 15) is 0 Å². The van der Waals surface area contributed by atoms with Gasteiger partial charge in [-0.05, 0) is 437 Å². The van der Waals surface area contributed by atoms with Gasteiger partial charge >= 0.3 is 0 Å². The second kappa shape index (κ2) is 41.2. The summed E-state index contributed by atoms with van der Waals surface area (Å²) in [6, 6.07) is 13.0. The van der Waals surface area contributed by atoms with Crippen LogP contribution < -0.4 is 15.1 Å². The molecule has 3 heteroatoms. The van der Waals surface area contributed by atoms with Gasteiger partial charge in [-0.15, -0.1) is 0 Å². The first kappa shape index (κ1) is 92.2. The van der Waals surface area contributed by atoms with Crippen LogP contribution in [0.5, 0.6) is 0 Å². The first-order valence-corrected chi connectivity index (χ1v) is 37.9. The summed E-state index contributed by atoms with van der Waals surface area (Å²) in [5.41, 5.74) is 57.9. The number of benzene rings is 8. The van der Waals surface area contributed by atoms with Gasteiger partial charge in [-0.1, -0.05) is 118 Å². The van der Waals surface area contributed by atoms with Crippen LogP contribution in [0.15, 0.2) is 36.4 Å². The van der Waals surface area contributed by atoms with Gasteiger partial charge in [0, 0.05) is 29.8 Å². The summed E-state index contributed by atoms with van der Waals surface area (Å²) in [4.78, 5) is 5.01. The van der Waals surface area contributed by atoms with E-state index in [2.05, 4.69) is 329 Å². The molecule has 1 N–H and O–H groups in total. The maximum atomic E-state index is 3.79. The van der Waals surface area contributed by atoms with Gasteiger partial charge in [0.15, 0.2) is 0 Å². The molecule has 8 rings (SSSR count). The summed E-state index contributed by atoms with van der Waals surface area (Å²) in [6.07, 6.45) is 2.50. The Bertz CT molecular complexity index is 3610. The number of hydrogen-bond acceptors (Lipinski definition) is 3. The predicted octanol–water partition coefficient (Wildman–Crippen LogP) is 30.4. The highest BCUT2D eigenvalue weighted by Gasteiger charge is 2.28. The quantitative estimate of drug-likeness (QED) is 0.172. The fourth-order valence-corrected chi connectivity index (χ4v) is 13.6. The molecule has 8 aromatic carbocycles. The molecule has 0 aromatic heterocycles. The van der Waals surface area contributed by atoms with Crippen molar-refractivity contribution in [1.29, 1.82) is 0 Å². The van der Waals surface area contributed by atoms with E-state index in [0.717, 1.165) is 0 Å². The summed E-state index contributed by atoms with van der Waals surface area (Å²) >= 11 is 0. The van der Waals surface area contributed by atoms with Crippen molar-refractivity contribution in [3.63, 3.8) is 0 Å².